The van der Waals surface area contributed by atoms with E-state index in [4.69, 9.17) is 0 Å². The van der Waals surface area contributed by atoms with Crippen molar-refractivity contribution >= 4 is 0 Å². The smallest absolute Gasteiger partial charge is 0.0682 e. The summed E-state index contributed by atoms with van der Waals surface area (Å²) >= 11 is 0. The fourth-order valence-electron chi connectivity index (χ4n) is 2.04. The van der Waals surface area contributed by atoms with Crippen LogP contribution in [0.25, 0.3) is 0 Å². The van der Waals surface area contributed by atoms with Gasteiger partial charge in [-0.15, -0.1) is 0 Å². The monoisotopic (exact) mass is 206 g/mol. The average molecular weight is 206 g/mol. The molecule has 1 aliphatic rings. The first-order chi connectivity index (χ1) is 7.29. The molecule has 0 spiro atoms. The molecule has 1 heterocycles. The SMILES string of the molecule is CNCc1ccc([C@H]2C[C@@H](O)CN2)cc1. The molecule has 15 heavy (non-hydrogen) atoms. The highest BCUT2D eigenvalue weighted by Crippen LogP contribution is 2.23. The fourth-order valence-corrected chi connectivity index (χ4v) is 2.04. The summed E-state index contributed by atoms with van der Waals surface area (Å²) in [5.74, 6) is 0. The van der Waals surface area contributed by atoms with Crippen molar-refractivity contribution < 1.29 is 5.11 Å². The first-order valence-corrected chi connectivity index (χ1v) is 5.44. The van der Waals surface area contributed by atoms with Crippen molar-refractivity contribution in [2.45, 2.75) is 25.1 Å². The van der Waals surface area contributed by atoms with E-state index in [0.29, 0.717) is 12.6 Å². The van der Waals surface area contributed by atoms with Crippen LogP contribution in [-0.4, -0.2) is 24.8 Å². The first kappa shape index (κ1) is 10.6. The lowest BCUT2D eigenvalue weighted by molar-refractivity contribution is 0.193. The Bertz CT molecular complexity index is 310. The molecule has 1 fully saturated rings. The van der Waals surface area contributed by atoms with Crippen LogP contribution in [0.5, 0.6) is 0 Å². The van der Waals surface area contributed by atoms with Gasteiger partial charge in [-0.2, -0.15) is 0 Å². The van der Waals surface area contributed by atoms with Crippen LogP contribution in [0.3, 0.4) is 0 Å². The Kier molecular flexibility index (Phi) is 3.36. The van der Waals surface area contributed by atoms with Crippen LogP contribution in [0.15, 0.2) is 24.3 Å². The Morgan fingerprint density at radius 2 is 2.13 bits per heavy atom. The molecule has 0 aliphatic carbocycles. The lowest BCUT2D eigenvalue weighted by Gasteiger charge is -2.11. The molecule has 2 rings (SSSR count). The van der Waals surface area contributed by atoms with Crippen molar-refractivity contribution in [1.82, 2.24) is 10.6 Å². The van der Waals surface area contributed by atoms with Crippen LogP contribution in [0.1, 0.15) is 23.6 Å². The van der Waals surface area contributed by atoms with Crippen LogP contribution in [0, 0.1) is 0 Å². The second-order valence-corrected chi connectivity index (χ2v) is 4.12. The molecular formula is C12H18N2O. The van der Waals surface area contributed by atoms with Crippen LogP contribution in [-0.2, 0) is 6.54 Å². The molecule has 0 saturated carbocycles. The second-order valence-electron chi connectivity index (χ2n) is 4.12. The molecule has 0 amide bonds. The van der Waals surface area contributed by atoms with Crippen molar-refractivity contribution in [2.24, 2.45) is 0 Å². The van der Waals surface area contributed by atoms with Gasteiger partial charge in [-0.3, -0.25) is 0 Å². The summed E-state index contributed by atoms with van der Waals surface area (Å²) in [5, 5.41) is 15.9. The van der Waals surface area contributed by atoms with E-state index >= 15 is 0 Å². The van der Waals surface area contributed by atoms with Gasteiger partial charge in [0.05, 0.1) is 6.10 Å². The maximum Gasteiger partial charge on any atom is 0.0682 e. The predicted octanol–water partition coefficient (Wildman–Crippen LogP) is 0.801. The summed E-state index contributed by atoms with van der Waals surface area (Å²) in [7, 11) is 1.95. The van der Waals surface area contributed by atoms with Crippen molar-refractivity contribution in [3.05, 3.63) is 35.4 Å². The maximum absolute atomic E-state index is 9.43. The molecule has 3 heteroatoms. The van der Waals surface area contributed by atoms with Gasteiger partial charge in [0, 0.05) is 19.1 Å². The van der Waals surface area contributed by atoms with Gasteiger partial charge in [0.25, 0.3) is 0 Å². The van der Waals surface area contributed by atoms with Crippen LogP contribution in [0.2, 0.25) is 0 Å². The number of β-amino-alcohol motifs (C(OH)–C–C–N with tert-alkyl or cyclic N) is 1. The van der Waals surface area contributed by atoms with E-state index in [1.165, 1.54) is 11.1 Å². The topological polar surface area (TPSA) is 44.3 Å². The molecule has 0 unspecified atom stereocenters. The number of hydrogen-bond donors (Lipinski definition) is 3. The molecule has 2 atom stereocenters. The van der Waals surface area contributed by atoms with E-state index < -0.39 is 0 Å². The number of nitrogens with one attached hydrogen (secondary N) is 2. The van der Waals surface area contributed by atoms with Crippen molar-refractivity contribution in [1.29, 1.82) is 0 Å². The number of hydrogen-bond acceptors (Lipinski definition) is 3. The summed E-state index contributed by atoms with van der Waals surface area (Å²) in [4.78, 5) is 0. The van der Waals surface area contributed by atoms with Gasteiger partial charge < -0.3 is 15.7 Å². The molecule has 1 saturated heterocycles. The molecule has 0 bridgehead atoms. The summed E-state index contributed by atoms with van der Waals surface area (Å²) < 4.78 is 0. The molecule has 1 aromatic rings. The van der Waals surface area contributed by atoms with Crippen LogP contribution in [0.4, 0.5) is 0 Å². The second kappa shape index (κ2) is 4.75. The summed E-state index contributed by atoms with van der Waals surface area (Å²) in [6, 6.07) is 8.88. The lowest BCUT2D eigenvalue weighted by atomic mass is 10.0. The fraction of sp³-hybridized carbons (Fsp3) is 0.500. The largest absolute Gasteiger partial charge is 0.392 e. The molecule has 82 valence electrons. The highest BCUT2D eigenvalue weighted by Gasteiger charge is 2.22. The lowest BCUT2D eigenvalue weighted by Crippen LogP contribution is -2.15. The minimum absolute atomic E-state index is 0.188. The van der Waals surface area contributed by atoms with Gasteiger partial charge in [0.15, 0.2) is 0 Å². The predicted molar refractivity (Wildman–Crippen MR) is 60.6 cm³/mol. The zero-order chi connectivity index (χ0) is 10.7. The van der Waals surface area contributed by atoms with Gasteiger partial charge in [-0.05, 0) is 24.6 Å². The van der Waals surface area contributed by atoms with E-state index in [9.17, 15) is 5.11 Å². The van der Waals surface area contributed by atoms with Crippen molar-refractivity contribution in [2.75, 3.05) is 13.6 Å². The number of benzene rings is 1. The third-order valence-corrected chi connectivity index (χ3v) is 2.87. The normalized spacial score (nSPS) is 25.7. The van der Waals surface area contributed by atoms with Crippen molar-refractivity contribution in [3.63, 3.8) is 0 Å². The molecule has 0 radical (unpaired) electrons. The Labute approximate surface area is 90.5 Å². The van der Waals surface area contributed by atoms with E-state index in [0.717, 1.165) is 13.0 Å². The van der Waals surface area contributed by atoms with Gasteiger partial charge in [0.1, 0.15) is 0 Å². The number of aliphatic hydroxyl groups excluding tert-OH is 1. The quantitative estimate of drug-likeness (QED) is 0.685. The maximum atomic E-state index is 9.43. The third-order valence-electron chi connectivity index (χ3n) is 2.87. The zero-order valence-electron chi connectivity index (χ0n) is 9.03. The van der Waals surface area contributed by atoms with Crippen LogP contribution >= 0.6 is 0 Å². The van der Waals surface area contributed by atoms with E-state index in [-0.39, 0.29) is 6.10 Å². The highest BCUT2D eigenvalue weighted by atomic mass is 16.3. The van der Waals surface area contributed by atoms with Gasteiger partial charge >= 0.3 is 0 Å². The summed E-state index contributed by atoms with van der Waals surface area (Å²) in [5.41, 5.74) is 2.56. The Balaban J connectivity index is 2.03. The third kappa shape index (κ3) is 2.56. The Hall–Kier alpha value is -0.900. The summed E-state index contributed by atoms with van der Waals surface area (Å²) in [6.07, 6.45) is 0.637. The highest BCUT2D eigenvalue weighted by molar-refractivity contribution is 5.25. The van der Waals surface area contributed by atoms with Gasteiger partial charge in [0.2, 0.25) is 0 Å². The van der Waals surface area contributed by atoms with Crippen LogP contribution < -0.4 is 10.6 Å². The van der Waals surface area contributed by atoms with Gasteiger partial charge in [-0.1, -0.05) is 24.3 Å². The van der Waals surface area contributed by atoms with Crippen molar-refractivity contribution in [3.8, 4) is 0 Å². The Morgan fingerprint density at radius 1 is 1.40 bits per heavy atom. The van der Waals surface area contributed by atoms with E-state index in [1.807, 2.05) is 7.05 Å². The molecule has 0 aromatic heterocycles. The molecular weight excluding hydrogens is 188 g/mol. The number of rotatable bonds is 3. The molecule has 1 aliphatic heterocycles. The minimum atomic E-state index is -0.188. The first-order valence-electron chi connectivity index (χ1n) is 5.44. The minimum Gasteiger partial charge on any atom is -0.392 e. The average Bonchev–Trinajstić information content (AvgIpc) is 2.67. The molecule has 1 aromatic carbocycles. The van der Waals surface area contributed by atoms with E-state index in [1.54, 1.807) is 0 Å². The molecule has 3 N–H and O–H groups in total. The summed E-state index contributed by atoms with van der Waals surface area (Å²) in [6.45, 7) is 1.62. The van der Waals surface area contributed by atoms with Gasteiger partial charge in [-0.25, -0.2) is 0 Å². The number of aliphatic hydroxyl groups is 1. The zero-order valence-corrected chi connectivity index (χ0v) is 9.03. The standard InChI is InChI=1S/C12H18N2O/c1-13-7-9-2-4-10(5-3-9)12-6-11(15)8-14-12/h2-5,11-15H,6-8H2,1H3/t11-,12-/m1/s1. The van der Waals surface area contributed by atoms with E-state index in [2.05, 4.69) is 34.9 Å². The molecule has 3 nitrogen and oxygen atoms in total. The Morgan fingerprint density at radius 3 is 2.67 bits per heavy atom.